The lowest BCUT2D eigenvalue weighted by Crippen LogP contribution is -2.44. The van der Waals surface area contributed by atoms with Gasteiger partial charge in [-0.3, -0.25) is 0 Å². The molecule has 0 radical (unpaired) electrons. The summed E-state index contributed by atoms with van der Waals surface area (Å²) in [6, 6.07) is 2.38. The van der Waals surface area contributed by atoms with Gasteiger partial charge in [-0.05, 0) is 55.7 Å². The van der Waals surface area contributed by atoms with Gasteiger partial charge >= 0.3 is 0 Å². The van der Waals surface area contributed by atoms with Crippen LogP contribution in [0, 0.1) is 0 Å². The summed E-state index contributed by atoms with van der Waals surface area (Å²) >= 11 is 1.97. The summed E-state index contributed by atoms with van der Waals surface area (Å²) in [5.41, 5.74) is 2.20. The maximum Gasteiger partial charge on any atom is 0.00893 e. The van der Waals surface area contributed by atoms with Crippen LogP contribution in [0.3, 0.4) is 0 Å². The molecule has 1 aliphatic heterocycles. The van der Waals surface area contributed by atoms with E-state index < -0.39 is 0 Å². The van der Waals surface area contributed by atoms with Gasteiger partial charge in [0.05, 0.1) is 0 Å². The van der Waals surface area contributed by atoms with E-state index >= 15 is 0 Å². The predicted octanol–water partition coefficient (Wildman–Crippen LogP) is 2.71. The molecule has 2 heterocycles. The number of hydrogen-bond donors (Lipinski definition) is 1. The summed E-state index contributed by atoms with van der Waals surface area (Å²) in [7, 11) is 0. The highest BCUT2D eigenvalue weighted by atomic mass is 32.1. The third-order valence-corrected chi connectivity index (χ3v) is 4.83. The van der Waals surface area contributed by atoms with Gasteiger partial charge in [-0.1, -0.05) is 0 Å². The molecule has 2 heteroatoms. The van der Waals surface area contributed by atoms with Gasteiger partial charge in [0.15, 0.2) is 0 Å². The summed E-state index contributed by atoms with van der Waals surface area (Å²) < 4.78 is 0. The van der Waals surface area contributed by atoms with Crippen LogP contribution in [-0.2, 0) is 11.8 Å². The first-order valence-electron chi connectivity index (χ1n) is 5.68. The maximum absolute atomic E-state index is 3.58. The third kappa shape index (κ3) is 1.24. The van der Waals surface area contributed by atoms with Crippen molar-refractivity contribution in [3.63, 3.8) is 0 Å². The molecule has 1 spiro atoms. The zero-order chi connectivity index (χ0) is 9.43. The van der Waals surface area contributed by atoms with Gasteiger partial charge in [0.25, 0.3) is 0 Å². The van der Waals surface area contributed by atoms with Gasteiger partial charge in [0.1, 0.15) is 0 Å². The summed E-state index contributed by atoms with van der Waals surface area (Å²) in [5.74, 6) is 0. The van der Waals surface area contributed by atoms with Crippen LogP contribution in [0.5, 0.6) is 0 Å². The number of rotatable bonds is 0. The van der Waals surface area contributed by atoms with Gasteiger partial charge in [-0.15, -0.1) is 11.3 Å². The molecular formula is C12H17NS. The van der Waals surface area contributed by atoms with Crippen molar-refractivity contribution in [2.24, 2.45) is 0 Å². The van der Waals surface area contributed by atoms with Crippen molar-refractivity contribution >= 4 is 11.3 Å². The standard InChI is InChI=1S/C12H17NS/c1-3-11-10(4-8-14-11)12(5-1)6-2-7-13-9-12/h4,8,13H,1-3,5-7,9H2. The minimum Gasteiger partial charge on any atom is -0.316 e. The van der Waals surface area contributed by atoms with Gasteiger partial charge in [-0.25, -0.2) is 0 Å². The number of thiophene rings is 1. The minimum atomic E-state index is 0.520. The molecule has 1 unspecified atom stereocenters. The van der Waals surface area contributed by atoms with Gasteiger partial charge < -0.3 is 5.32 Å². The maximum atomic E-state index is 3.58. The van der Waals surface area contributed by atoms with Gasteiger partial charge in [0.2, 0.25) is 0 Å². The van der Waals surface area contributed by atoms with Crippen LogP contribution in [0.25, 0.3) is 0 Å². The van der Waals surface area contributed by atoms with Crippen LogP contribution >= 0.6 is 11.3 Å². The molecule has 0 amide bonds. The first kappa shape index (κ1) is 8.93. The molecule has 14 heavy (non-hydrogen) atoms. The van der Waals surface area contributed by atoms with Crippen molar-refractivity contribution in [2.45, 2.75) is 37.5 Å². The summed E-state index contributed by atoms with van der Waals surface area (Å²) in [6.45, 7) is 2.44. The predicted molar refractivity (Wildman–Crippen MR) is 61.0 cm³/mol. The molecule has 1 aromatic rings. The van der Waals surface area contributed by atoms with E-state index in [-0.39, 0.29) is 0 Å². The fraction of sp³-hybridized carbons (Fsp3) is 0.667. The van der Waals surface area contributed by atoms with Crippen molar-refractivity contribution in [1.29, 1.82) is 0 Å². The van der Waals surface area contributed by atoms with Crippen molar-refractivity contribution in [2.75, 3.05) is 13.1 Å². The number of hydrogen-bond acceptors (Lipinski definition) is 2. The Hall–Kier alpha value is -0.340. The van der Waals surface area contributed by atoms with E-state index in [1.54, 1.807) is 10.4 Å². The second kappa shape index (κ2) is 3.35. The zero-order valence-corrected chi connectivity index (χ0v) is 9.33. The molecule has 0 aromatic carbocycles. The first-order valence-corrected chi connectivity index (χ1v) is 6.56. The fourth-order valence-corrected chi connectivity index (χ4v) is 4.18. The molecule has 1 N–H and O–H groups in total. The largest absolute Gasteiger partial charge is 0.316 e. The van der Waals surface area contributed by atoms with Crippen molar-refractivity contribution in [3.05, 3.63) is 21.9 Å². The normalized spacial score (nSPS) is 31.7. The Labute approximate surface area is 89.5 Å². The molecule has 1 atom stereocenters. The van der Waals surface area contributed by atoms with Crippen LogP contribution in [0.1, 0.15) is 36.1 Å². The Bertz CT molecular complexity index is 323. The Morgan fingerprint density at radius 3 is 3.07 bits per heavy atom. The van der Waals surface area contributed by atoms with Crippen LogP contribution in [-0.4, -0.2) is 13.1 Å². The minimum absolute atomic E-state index is 0.520. The quantitative estimate of drug-likeness (QED) is 0.689. The van der Waals surface area contributed by atoms with Crippen molar-refractivity contribution in [3.8, 4) is 0 Å². The number of aryl methyl sites for hydroxylation is 1. The summed E-state index contributed by atoms with van der Waals surface area (Å²) in [6.07, 6.45) is 6.90. The number of fused-ring (bicyclic) bond motifs is 2. The van der Waals surface area contributed by atoms with E-state index in [4.69, 9.17) is 0 Å². The fourth-order valence-electron chi connectivity index (χ4n) is 3.14. The van der Waals surface area contributed by atoms with Gasteiger partial charge in [-0.2, -0.15) is 0 Å². The zero-order valence-electron chi connectivity index (χ0n) is 8.51. The third-order valence-electron chi connectivity index (χ3n) is 3.85. The van der Waals surface area contributed by atoms with Crippen LogP contribution in [0.4, 0.5) is 0 Å². The first-order chi connectivity index (χ1) is 6.91. The van der Waals surface area contributed by atoms with E-state index in [0.717, 1.165) is 0 Å². The smallest absolute Gasteiger partial charge is 0.00893 e. The highest BCUT2D eigenvalue weighted by molar-refractivity contribution is 7.10. The lowest BCUT2D eigenvalue weighted by atomic mass is 9.68. The molecule has 2 aliphatic rings. The average molecular weight is 207 g/mol. The molecular weight excluding hydrogens is 190 g/mol. The lowest BCUT2D eigenvalue weighted by Gasteiger charge is -2.41. The van der Waals surface area contributed by atoms with Crippen LogP contribution in [0.2, 0.25) is 0 Å². The molecule has 76 valence electrons. The number of piperidine rings is 1. The van der Waals surface area contributed by atoms with E-state index in [9.17, 15) is 0 Å². The van der Waals surface area contributed by atoms with Crippen LogP contribution in [0.15, 0.2) is 11.4 Å². The van der Waals surface area contributed by atoms with Gasteiger partial charge in [0, 0.05) is 16.8 Å². The van der Waals surface area contributed by atoms with E-state index in [0.29, 0.717) is 5.41 Å². The molecule has 0 saturated carbocycles. The Morgan fingerprint density at radius 2 is 2.21 bits per heavy atom. The van der Waals surface area contributed by atoms with Crippen molar-refractivity contribution in [1.82, 2.24) is 5.32 Å². The molecule has 1 nitrogen and oxygen atoms in total. The topological polar surface area (TPSA) is 12.0 Å². The van der Waals surface area contributed by atoms with Crippen molar-refractivity contribution < 1.29 is 0 Å². The highest BCUT2D eigenvalue weighted by Gasteiger charge is 2.37. The molecule has 1 aliphatic carbocycles. The molecule has 1 saturated heterocycles. The summed E-state index contributed by atoms with van der Waals surface area (Å²) in [4.78, 5) is 1.67. The summed E-state index contributed by atoms with van der Waals surface area (Å²) in [5, 5.41) is 5.86. The monoisotopic (exact) mass is 207 g/mol. The second-order valence-electron chi connectivity index (χ2n) is 4.67. The average Bonchev–Trinajstić information content (AvgIpc) is 2.69. The SMILES string of the molecule is c1cc2c(s1)CCCC21CCCNC1. The number of nitrogens with one attached hydrogen (secondary N) is 1. The Kier molecular flexibility index (Phi) is 2.14. The Balaban J connectivity index is 2.01. The molecule has 1 fully saturated rings. The van der Waals surface area contributed by atoms with E-state index in [1.165, 1.54) is 45.2 Å². The molecule has 0 bridgehead atoms. The highest BCUT2D eigenvalue weighted by Crippen LogP contribution is 2.43. The lowest BCUT2D eigenvalue weighted by molar-refractivity contribution is 0.275. The second-order valence-corrected chi connectivity index (χ2v) is 5.67. The Morgan fingerprint density at radius 1 is 1.29 bits per heavy atom. The molecule has 3 rings (SSSR count). The van der Waals surface area contributed by atoms with E-state index in [1.807, 2.05) is 11.3 Å². The van der Waals surface area contributed by atoms with E-state index in [2.05, 4.69) is 16.8 Å². The molecule has 1 aromatic heterocycles. The van der Waals surface area contributed by atoms with Crippen LogP contribution < -0.4 is 5.32 Å².